The number of anilines is 2. The van der Waals surface area contributed by atoms with Gasteiger partial charge in [0.15, 0.2) is 8.68 Å². The molecule has 0 aliphatic carbocycles. The summed E-state index contributed by atoms with van der Waals surface area (Å²) in [5.41, 5.74) is 0. The Kier molecular flexibility index (Phi) is 10.8. The van der Waals surface area contributed by atoms with Crippen molar-refractivity contribution in [2.45, 2.75) is 61.1 Å². The van der Waals surface area contributed by atoms with E-state index in [-0.39, 0.29) is 11.8 Å². The zero-order valence-corrected chi connectivity index (χ0v) is 19.2. The molecule has 8 nitrogen and oxygen atoms in total. The molecule has 2 rings (SSSR count). The molecule has 0 bridgehead atoms. The first kappa shape index (κ1) is 23.0. The molecular formula is C16H24N6O2S4. The van der Waals surface area contributed by atoms with E-state index in [0.29, 0.717) is 23.1 Å². The first-order valence-electron chi connectivity index (χ1n) is 9.13. The van der Waals surface area contributed by atoms with Gasteiger partial charge in [0.25, 0.3) is 0 Å². The lowest BCUT2D eigenvalue weighted by molar-refractivity contribution is -0.116. The second kappa shape index (κ2) is 13.1. The molecular weight excluding hydrogens is 436 g/mol. The molecule has 0 radical (unpaired) electrons. The van der Waals surface area contributed by atoms with Gasteiger partial charge in [-0.2, -0.15) is 0 Å². The lowest BCUT2D eigenvalue weighted by Gasteiger charge is -2.00. The minimum Gasteiger partial charge on any atom is -0.301 e. The van der Waals surface area contributed by atoms with Crippen molar-refractivity contribution < 1.29 is 9.59 Å². The minimum atomic E-state index is -0.0407. The third kappa shape index (κ3) is 8.84. The van der Waals surface area contributed by atoms with E-state index in [9.17, 15) is 9.59 Å². The second-order valence-electron chi connectivity index (χ2n) is 5.66. The molecule has 2 amide bonds. The Labute approximate surface area is 181 Å². The molecule has 0 spiro atoms. The predicted octanol–water partition coefficient (Wildman–Crippen LogP) is 4.53. The van der Waals surface area contributed by atoms with Crippen molar-refractivity contribution >= 4 is 68.3 Å². The summed E-state index contributed by atoms with van der Waals surface area (Å²) >= 11 is 6.21. The van der Waals surface area contributed by atoms with Crippen molar-refractivity contribution in [3.05, 3.63) is 0 Å². The number of thioether (sulfide) groups is 2. The summed E-state index contributed by atoms with van der Waals surface area (Å²) in [5, 5.41) is 22.7. The van der Waals surface area contributed by atoms with Gasteiger partial charge in [-0.3, -0.25) is 9.59 Å². The average Bonchev–Trinajstić information content (AvgIpc) is 3.33. The smallest absolute Gasteiger partial charge is 0.225 e. The monoisotopic (exact) mass is 460 g/mol. The Hall–Kier alpha value is -1.24. The molecule has 0 aliphatic heterocycles. The van der Waals surface area contributed by atoms with Crippen LogP contribution in [0.15, 0.2) is 8.68 Å². The third-order valence-corrected chi connectivity index (χ3v) is 7.55. The van der Waals surface area contributed by atoms with E-state index in [1.807, 2.05) is 13.8 Å². The number of hydrogen-bond acceptors (Lipinski definition) is 10. The number of aromatic nitrogens is 4. The second-order valence-corrected chi connectivity index (χ2v) is 10.3. The Morgan fingerprint density at radius 2 is 1.18 bits per heavy atom. The number of carbonyl (C=O) groups excluding carboxylic acids is 2. The van der Waals surface area contributed by atoms with Crippen LogP contribution < -0.4 is 10.6 Å². The van der Waals surface area contributed by atoms with Crippen LogP contribution in [0, 0.1) is 0 Å². The molecule has 0 atom stereocenters. The summed E-state index contributed by atoms with van der Waals surface area (Å²) in [6.45, 7) is 3.62. The first-order valence-corrected chi connectivity index (χ1v) is 12.7. The van der Waals surface area contributed by atoms with E-state index in [1.54, 1.807) is 23.5 Å². The molecule has 0 unspecified atom stereocenters. The number of unbranched alkanes of at least 4 members (excludes halogenated alkanes) is 3. The number of carbonyl (C=O) groups is 2. The van der Waals surface area contributed by atoms with Crippen molar-refractivity contribution in [1.29, 1.82) is 0 Å². The van der Waals surface area contributed by atoms with Gasteiger partial charge in [0.1, 0.15) is 0 Å². The molecule has 2 heterocycles. The highest BCUT2D eigenvalue weighted by molar-refractivity contribution is 8.01. The maximum absolute atomic E-state index is 11.3. The van der Waals surface area contributed by atoms with Gasteiger partial charge in [-0.05, 0) is 12.8 Å². The molecule has 0 saturated heterocycles. The highest BCUT2D eigenvalue weighted by Crippen LogP contribution is 2.28. The van der Waals surface area contributed by atoms with Gasteiger partial charge >= 0.3 is 0 Å². The minimum absolute atomic E-state index is 0.0407. The van der Waals surface area contributed by atoms with E-state index in [2.05, 4.69) is 31.0 Å². The van der Waals surface area contributed by atoms with Crippen molar-refractivity contribution in [3.8, 4) is 0 Å². The van der Waals surface area contributed by atoms with Crippen molar-refractivity contribution in [2.75, 3.05) is 22.1 Å². The maximum atomic E-state index is 11.3. The van der Waals surface area contributed by atoms with Gasteiger partial charge in [-0.15, -0.1) is 20.4 Å². The normalized spacial score (nSPS) is 10.8. The van der Waals surface area contributed by atoms with Crippen LogP contribution in [0.25, 0.3) is 0 Å². The Morgan fingerprint density at radius 3 is 1.57 bits per heavy atom. The topological polar surface area (TPSA) is 110 Å². The number of amides is 2. The molecule has 154 valence electrons. The summed E-state index contributed by atoms with van der Waals surface area (Å²) in [6.07, 6.45) is 5.46. The third-order valence-electron chi connectivity index (χ3n) is 3.44. The number of nitrogens with zero attached hydrogens (tertiary/aromatic N) is 4. The molecule has 0 aromatic carbocycles. The van der Waals surface area contributed by atoms with E-state index >= 15 is 0 Å². The van der Waals surface area contributed by atoms with Crippen molar-refractivity contribution in [1.82, 2.24) is 20.4 Å². The van der Waals surface area contributed by atoms with Gasteiger partial charge in [-0.1, -0.05) is 72.9 Å². The molecule has 28 heavy (non-hydrogen) atoms. The predicted molar refractivity (Wildman–Crippen MR) is 118 cm³/mol. The van der Waals surface area contributed by atoms with E-state index in [0.717, 1.165) is 33.0 Å². The van der Waals surface area contributed by atoms with Crippen LogP contribution in [0.2, 0.25) is 0 Å². The molecule has 0 fully saturated rings. The van der Waals surface area contributed by atoms with Gasteiger partial charge < -0.3 is 10.6 Å². The van der Waals surface area contributed by atoms with Crippen molar-refractivity contribution in [2.24, 2.45) is 0 Å². The zero-order chi connectivity index (χ0) is 20.2. The number of hydrogen-bond donors (Lipinski definition) is 2. The Balaban J connectivity index is 1.50. The molecule has 12 heteroatoms. The average molecular weight is 461 g/mol. The van der Waals surface area contributed by atoms with Gasteiger partial charge in [0.05, 0.1) is 0 Å². The molecule has 0 saturated carbocycles. The Bertz CT molecular complexity index is 689. The summed E-state index contributed by atoms with van der Waals surface area (Å²) in [7, 11) is 0. The van der Waals surface area contributed by atoms with E-state index in [1.165, 1.54) is 35.5 Å². The van der Waals surface area contributed by atoms with E-state index < -0.39 is 0 Å². The fourth-order valence-electron chi connectivity index (χ4n) is 1.93. The van der Waals surface area contributed by atoms with Gasteiger partial charge in [-0.25, -0.2) is 0 Å². The van der Waals surface area contributed by atoms with Crippen molar-refractivity contribution in [3.63, 3.8) is 0 Å². The lowest BCUT2D eigenvalue weighted by Crippen LogP contribution is -2.08. The maximum Gasteiger partial charge on any atom is 0.225 e. The highest BCUT2D eigenvalue weighted by Gasteiger charge is 2.08. The first-order chi connectivity index (χ1) is 13.6. The van der Waals surface area contributed by atoms with Crippen LogP contribution >= 0.6 is 46.2 Å². The Morgan fingerprint density at radius 1 is 0.750 bits per heavy atom. The fraction of sp³-hybridized carbons (Fsp3) is 0.625. The summed E-state index contributed by atoms with van der Waals surface area (Å²) < 4.78 is 1.79. The standard InChI is InChI=1S/C16H24N6O2S4/c1-3-11(23)17-13-19-21-15(27-13)25-9-7-5-6-8-10-26-16-22-20-14(28-16)18-12(24)4-2/h3-10H2,1-2H3,(H,17,19,23)(H,18,20,24). The van der Waals surface area contributed by atoms with Gasteiger partial charge in [0, 0.05) is 24.3 Å². The quantitative estimate of drug-likeness (QED) is 0.255. The number of rotatable bonds is 13. The molecule has 2 aromatic rings. The van der Waals surface area contributed by atoms with Gasteiger partial charge in [0.2, 0.25) is 22.1 Å². The molecule has 2 aromatic heterocycles. The van der Waals surface area contributed by atoms with Crippen LogP contribution in [-0.2, 0) is 9.59 Å². The van der Waals surface area contributed by atoms with Crippen LogP contribution in [0.4, 0.5) is 10.3 Å². The fourth-order valence-corrected chi connectivity index (χ4v) is 5.60. The lowest BCUT2D eigenvalue weighted by atomic mass is 10.2. The van der Waals surface area contributed by atoms with Crippen LogP contribution in [0.1, 0.15) is 52.4 Å². The molecule has 0 aliphatic rings. The largest absolute Gasteiger partial charge is 0.301 e. The SMILES string of the molecule is CCC(=O)Nc1nnc(SCCCCCCSc2nnc(NC(=O)CC)s2)s1. The van der Waals surface area contributed by atoms with Crippen LogP contribution in [0.5, 0.6) is 0 Å². The zero-order valence-electron chi connectivity index (χ0n) is 15.9. The summed E-state index contributed by atoms with van der Waals surface area (Å²) in [4.78, 5) is 22.6. The number of nitrogens with one attached hydrogen (secondary N) is 2. The summed E-state index contributed by atoms with van der Waals surface area (Å²) in [6, 6.07) is 0. The highest BCUT2D eigenvalue weighted by atomic mass is 32.2. The van der Waals surface area contributed by atoms with Crippen LogP contribution in [-0.4, -0.2) is 43.7 Å². The van der Waals surface area contributed by atoms with Crippen LogP contribution in [0.3, 0.4) is 0 Å². The summed E-state index contributed by atoms with van der Waals surface area (Å²) in [5.74, 6) is 1.92. The molecule has 2 N–H and O–H groups in total. The van der Waals surface area contributed by atoms with E-state index in [4.69, 9.17) is 0 Å².